The summed E-state index contributed by atoms with van der Waals surface area (Å²) in [6.07, 6.45) is 0. The van der Waals surface area contributed by atoms with Crippen LogP contribution < -0.4 is 0 Å². The van der Waals surface area contributed by atoms with Crippen LogP contribution in [0.25, 0.3) is 19.5 Å². The molecular weight excluding hydrogens is 312 g/mol. The van der Waals surface area contributed by atoms with Gasteiger partial charge >= 0.3 is 0 Å². The van der Waals surface area contributed by atoms with E-state index in [1.165, 1.54) is 51.5 Å². The molecule has 0 atom stereocenters. The molecule has 3 aromatic rings. The third-order valence-corrected chi connectivity index (χ3v) is 7.97. The molecule has 0 radical (unpaired) electrons. The molecule has 0 nitrogen and oxygen atoms in total. The van der Waals surface area contributed by atoms with Crippen LogP contribution in [0.3, 0.4) is 0 Å². The van der Waals surface area contributed by atoms with Crippen molar-refractivity contribution in [3.8, 4) is 19.5 Å². The van der Waals surface area contributed by atoms with Crippen LogP contribution in [-0.2, 0) is 0 Å². The van der Waals surface area contributed by atoms with Crippen LogP contribution in [-0.4, -0.2) is 0 Å². The van der Waals surface area contributed by atoms with Crippen molar-refractivity contribution in [1.29, 1.82) is 0 Å². The van der Waals surface area contributed by atoms with E-state index in [-0.39, 0.29) is 0 Å². The van der Waals surface area contributed by atoms with Crippen molar-refractivity contribution in [3.63, 3.8) is 0 Å². The molecule has 0 spiro atoms. The minimum Gasteiger partial charge on any atom is -0.139 e. The lowest BCUT2D eigenvalue weighted by molar-refractivity contribution is 1.40. The van der Waals surface area contributed by atoms with Crippen LogP contribution in [0.2, 0.25) is 0 Å². The highest BCUT2D eigenvalue weighted by atomic mass is 32.1. The average Bonchev–Trinajstić information content (AvgIpc) is 3.00. The summed E-state index contributed by atoms with van der Waals surface area (Å²) in [7, 11) is 0. The lowest BCUT2D eigenvalue weighted by Crippen LogP contribution is -1.78. The van der Waals surface area contributed by atoms with Gasteiger partial charge in [0.15, 0.2) is 0 Å². The van der Waals surface area contributed by atoms with Gasteiger partial charge in [-0.15, -0.1) is 34.0 Å². The molecule has 3 aromatic heterocycles. The maximum Gasteiger partial charge on any atom is 0.0484 e. The van der Waals surface area contributed by atoms with E-state index < -0.39 is 0 Å². The van der Waals surface area contributed by atoms with Gasteiger partial charge in [0, 0.05) is 29.3 Å². The quantitative estimate of drug-likeness (QED) is 0.471. The fourth-order valence-electron chi connectivity index (χ4n) is 2.76. The maximum atomic E-state index is 2.30. The zero-order valence-corrected chi connectivity index (χ0v) is 15.8. The predicted octanol–water partition coefficient (Wildman–Crippen LogP) is 7.06. The highest BCUT2D eigenvalue weighted by Gasteiger charge is 2.19. The molecule has 0 N–H and O–H groups in total. The first-order valence-corrected chi connectivity index (χ1v) is 9.58. The summed E-state index contributed by atoms with van der Waals surface area (Å²) in [5.74, 6) is 0. The van der Waals surface area contributed by atoms with Crippen LogP contribution in [0.15, 0.2) is 12.1 Å². The Labute approximate surface area is 139 Å². The van der Waals surface area contributed by atoms with Crippen molar-refractivity contribution < 1.29 is 0 Å². The number of thiophene rings is 3. The number of hydrogen-bond donors (Lipinski definition) is 0. The van der Waals surface area contributed by atoms with Crippen LogP contribution in [0, 0.1) is 41.5 Å². The Bertz CT molecular complexity index is 745. The Morgan fingerprint density at radius 1 is 0.524 bits per heavy atom. The van der Waals surface area contributed by atoms with Crippen LogP contribution in [0.1, 0.15) is 32.0 Å². The predicted molar refractivity (Wildman–Crippen MR) is 99.4 cm³/mol. The second kappa shape index (κ2) is 5.38. The monoisotopic (exact) mass is 332 g/mol. The van der Waals surface area contributed by atoms with Crippen molar-refractivity contribution >= 4 is 34.0 Å². The van der Waals surface area contributed by atoms with Crippen molar-refractivity contribution in [2.75, 3.05) is 0 Å². The number of rotatable bonds is 2. The molecule has 0 aliphatic heterocycles. The van der Waals surface area contributed by atoms with E-state index in [4.69, 9.17) is 0 Å². The van der Waals surface area contributed by atoms with E-state index in [2.05, 4.69) is 53.7 Å². The van der Waals surface area contributed by atoms with E-state index in [1.54, 1.807) is 0 Å². The molecule has 110 valence electrons. The molecule has 3 heterocycles. The molecule has 0 bridgehead atoms. The normalized spacial score (nSPS) is 11.3. The highest BCUT2D eigenvalue weighted by molar-refractivity contribution is 7.27. The minimum absolute atomic E-state index is 1.40. The Kier molecular flexibility index (Phi) is 3.85. The Balaban J connectivity index is 2.20. The molecule has 0 aromatic carbocycles. The third kappa shape index (κ3) is 2.52. The van der Waals surface area contributed by atoms with Gasteiger partial charge in [-0.3, -0.25) is 0 Å². The van der Waals surface area contributed by atoms with Gasteiger partial charge in [0.25, 0.3) is 0 Å². The third-order valence-electron chi connectivity index (χ3n) is 3.94. The molecule has 21 heavy (non-hydrogen) atoms. The number of aryl methyl sites for hydroxylation is 4. The smallest absolute Gasteiger partial charge is 0.0484 e. The maximum absolute atomic E-state index is 2.30. The zero-order chi connectivity index (χ0) is 15.3. The van der Waals surface area contributed by atoms with Gasteiger partial charge in [0.2, 0.25) is 0 Å². The second-order valence-electron chi connectivity index (χ2n) is 5.75. The average molecular weight is 333 g/mol. The molecule has 3 rings (SSSR count). The van der Waals surface area contributed by atoms with E-state index >= 15 is 0 Å². The molecule has 0 unspecified atom stereocenters. The Morgan fingerprint density at radius 2 is 0.905 bits per heavy atom. The highest BCUT2D eigenvalue weighted by Crippen LogP contribution is 2.47. The summed E-state index contributed by atoms with van der Waals surface area (Å²) < 4.78 is 0. The molecule has 0 aliphatic rings. The van der Waals surface area contributed by atoms with Crippen LogP contribution in [0.5, 0.6) is 0 Å². The van der Waals surface area contributed by atoms with Crippen molar-refractivity contribution in [2.24, 2.45) is 0 Å². The fourth-order valence-corrected chi connectivity index (χ4v) is 6.63. The molecule has 0 aliphatic carbocycles. The van der Waals surface area contributed by atoms with Gasteiger partial charge < -0.3 is 0 Å². The standard InChI is InChI=1S/C18H20S3/c1-9-7-11(3)19-15(9)17-13(5)14(6)18(21-17)16-10(2)8-12(4)20-16/h7-8H,1-6H3. The molecule has 0 amide bonds. The lowest BCUT2D eigenvalue weighted by atomic mass is 10.1. The number of hydrogen-bond acceptors (Lipinski definition) is 3. The van der Waals surface area contributed by atoms with Crippen molar-refractivity contribution in [1.82, 2.24) is 0 Å². The Morgan fingerprint density at radius 3 is 1.19 bits per heavy atom. The van der Waals surface area contributed by atoms with Crippen molar-refractivity contribution in [3.05, 3.63) is 44.1 Å². The second-order valence-corrected chi connectivity index (χ2v) is 9.28. The van der Waals surface area contributed by atoms with Gasteiger partial charge in [-0.1, -0.05) is 0 Å². The first-order valence-electron chi connectivity index (χ1n) is 7.13. The van der Waals surface area contributed by atoms with Gasteiger partial charge in [-0.25, -0.2) is 0 Å². The molecular formula is C18H20S3. The van der Waals surface area contributed by atoms with E-state index in [9.17, 15) is 0 Å². The van der Waals surface area contributed by atoms with Crippen LogP contribution >= 0.6 is 34.0 Å². The van der Waals surface area contributed by atoms with E-state index in [0.29, 0.717) is 0 Å². The fraction of sp³-hybridized carbons (Fsp3) is 0.333. The summed E-state index contributed by atoms with van der Waals surface area (Å²) in [4.78, 5) is 8.63. The summed E-state index contributed by atoms with van der Waals surface area (Å²) in [5.41, 5.74) is 5.72. The summed E-state index contributed by atoms with van der Waals surface area (Å²) >= 11 is 5.81. The largest absolute Gasteiger partial charge is 0.139 e. The molecule has 0 saturated carbocycles. The molecule has 3 heteroatoms. The summed E-state index contributed by atoms with van der Waals surface area (Å²) in [6, 6.07) is 4.60. The van der Waals surface area contributed by atoms with Gasteiger partial charge in [0.1, 0.15) is 0 Å². The van der Waals surface area contributed by atoms with Crippen LogP contribution in [0.4, 0.5) is 0 Å². The molecule has 0 fully saturated rings. The minimum atomic E-state index is 1.40. The first kappa shape index (κ1) is 15.0. The van der Waals surface area contributed by atoms with Gasteiger partial charge in [-0.05, 0) is 75.9 Å². The van der Waals surface area contributed by atoms with E-state index in [1.807, 2.05) is 34.0 Å². The zero-order valence-electron chi connectivity index (χ0n) is 13.4. The van der Waals surface area contributed by atoms with Gasteiger partial charge in [0.05, 0.1) is 0 Å². The van der Waals surface area contributed by atoms with Gasteiger partial charge in [-0.2, -0.15) is 0 Å². The van der Waals surface area contributed by atoms with Crippen molar-refractivity contribution in [2.45, 2.75) is 41.5 Å². The first-order chi connectivity index (χ1) is 9.88. The summed E-state index contributed by atoms with van der Waals surface area (Å²) in [5, 5.41) is 0. The topological polar surface area (TPSA) is 0 Å². The summed E-state index contributed by atoms with van der Waals surface area (Å²) in [6.45, 7) is 13.4. The Hall–Kier alpha value is -0.900. The lowest BCUT2D eigenvalue weighted by Gasteiger charge is -1.98. The SMILES string of the molecule is Cc1cc(C)c(-c2sc(-c3sc(C)cc3C)c(C)c2C)s1. The molecule has 0 saturated heterocycles. The van der Waals surface area contributed by atoms with E-state index in [0.717, 1.165) is 0 Å².